The minimum atomic E-state index is -1.04. The lowest BCUT2D eigenvalue weighted by atomic mass is 10.3. The third-order valence-electron chi connectivity index (χ3n) is 1.62. The standard InChI is InChI=1S/C9H10BrNO5/c10-8-6(1-3-16-8)9(14)11-2-4-15-5-7(12)13/h1,3H,2,4-5H2,(H,11,14)(H,12,13). The number of amides is 1. The number of ether oxygens (including phenoxy) is 1. The molecular formula is C9H10BrNO5. The zero-order valence-corrected chi connectivity index (χ0v) is 9.82. The minimum absolute atomic E-state index is 0.146. The van der Waals surface area contributed by atoms with Gasteiger partial charge in [-0.05, 0) is 22.0 Å². The van der Waals surface area contributed by atoms with Crippen LogP contribution in [0.25, 0.3) is 0 Å². The largest absolute Gasteiger partial charge is 0.480 e. The third-order valence-corrected chi connectivity index (χ3v) is 2.23. The van der Waals surface area contributed by atoms with Crippen LogP contribution in [0.15, 0.2) is 21.4 Å². The molecule has 1 aromatic heterocycles. The zero-order chi connectivity index (χ0) is 12.0. The summed E-state index contributed by atoms with van der Waals surface area (Å²) in [4.78, 5) is 21.5. The predicted molar refractivity (Wildman–Crippen MR) is 57.2 cm³/mol. The molecule has 1 heterocycles. The van der Waals surface area contributed by atoms with Gasteiger partial charge in [-0.3, -0.25) is 4.79 Å². The molecule has 7 heteroatoms. The molecule has 0 bridgehead atoms. The number of carboxylic acids is 1. The van der Waals surface area contributed by atoms with E-state index in [2.05, 4.69) is 21.2 Å². The molecule has 0 atom stereocenters. The summed E-state index contributed by atoms with van der Waals surface area (Å²) in [7, 11) is 0. The van der Waals surface area contributed by atoms with E-state index in [1.54, 1.807) is 0 Å². The average molecular weight is 292 g/mol. The lowest BCUT2D eigenvalue weighted by molar-refractivity contribution is -0.142. The smallest absolute Gasteiger partial charge is 0.329 e. The van der Waals surface area contributed by atoms with Crippen LogP contribution in [0.4, 0.5) is 0 Å². The maximum atomic E-state index is 11.5. The Morgan fingerprint density at radius 1 is 1.56 bits per heavy atom. The van der Waals surface area contributed by atoms with Crippen LogP contribution in [-0.4, -0.2) is 36.7 Å². The molecule has 16 heavy (non-hydrogen) atoms. The van der Waals surface area contributed by atoms with Crippen LogP contribution >= 0.6 is 15.9 Å². The quantitative estimate of drug-likeness (QED) is 0.760. The van der Waals surface area contributed by atoms with Gasteiger partial charge in [0.05, 0.1) is 18.4 Å². The molecule has 0 radical (unpaired) electrons. The predicted octanol–water partition coefficient (Wildman–Crippen LogP) is 0.873. The topological polar surface area (TPSA) is 88.8 Å². The van der Waals surface area contributed by atoms with Gasteiger partial charge in [0.25, 0.3) is 5.91 Å². The van der Waals surface area contributed by atoms with E-state index in [1.807, 2.05) is 0 Å². The molecule has 0 spiro atoms. The maximum absolute atomic E-state index is 11.5. The zero-order valence-electron chi connectivity index (χ0n) is 8.23. The summed E-state index contributed by atoms with van der Waals surface area (Å²) < 4.78 is 9.99. The van der Waals surface area contributed by atoms with Gasteiger partial charge in [0.2, 0.25) is 0 Å². The number of carboxylic acid groups (broad SMARTS) is 1. The van der Waals surface area contributed by atoms with Gasteiger partial charge in [-0.15, -0.1) is 0 Å². The maximum Gasteiger partial charge on any atom is 0.329 e. The molecule has 0 aliphatic carbocycles. The van der Waals surface area contributed by atoms with Gasteiger partial charge in [-0.2, -0.15) is 0 Å². The van der Waals surface area contributed by atoms with Crippen LogP contribution in [0.3, 0.4) is 0 Å². The Morgan fingerprint density at radius 2 is 2.31 bits per heavy atom. The van der Waals surface area contributed by atoms with Crippen LogP contribution < -0.4 is 5.32 Å². The molecule has 0 aliphatic rings. The number of halogens is 1. The van der Waals surface area contributed by atoms with E-state index >= 15 is 0 Å². The summed E-state index contributed by atoms with van der Waals surface area (Å²) in [6.45, 7) is 0.0164. The van der Waals surface area contributed by atoms with E-state index < -0.39 is 5.97 Å². The number of carbonyl (C=O) groups is 2. The van der Waals surface area contributed by atoms with Crippen molar-refractivity contribution in [2.75, 3.05) is 19.8 Å². The number of hydrogen-bond acceptors (Lipinski definition) is 4. The lowest BCUT2D eigenvalue weighted by Gasteiger charge is -2.03. The van der Waals surface area contributed by atoms with Crippen molar-refractivity contribution in [1.82, 2.24) is 5.32 Å². The van der Waals surface area contributed by atoms with Gasteiger partial charge in [0, 0.05) is 6.54 Å². The summed E-state index contributed by atoms with van der Waals surface area (Å²) in [6.07, 6.45) is 1.39. The van der Waals surface area contributed by atoms with Crippen molar-refractivity contribution in [2.24, 2.45) is 0 Å². The second-order valence-electron chi connectivity index (χ2n) is 2.81. The van der Waals surface area contributed by atoms with Gasteiger partial charge in [-0.1, -0.05) is 0 Å². The lowest BCUT2D eigenvalue weighted by Crippen LogP contribution is -2.27. The van der Waals surface area contributed by atoms with E-state index in [9.17, 15) is 9.59 Å². The molecule has 0 aromatic carbocycles. The molecular weight excluding hydrogens is 282 g/mol. The van der Waals surface area contributed by atoms with Crippen molar-refractivity contribution in [1.29, 1.82) is 0 Å². The molecule has 2 N–H and O–H groups in total. The Morgan fingerprint density at radius 3 is 2.88 bits per heavy atom. The summed E-state index contributed by atoms with van der Waals surface area (Å²) >= 11 is 3.07. The van der Waals surface area contributed by atoms with Crippen molar-refractivity contribution >= 4 is 27.8 Å². The van der Waals surface area contributed by atoms with Crippen molar-refractivity contribution < 1.29 is 23.8 Å². The second kappa shape index (κ2) is 6.29. The Labute approximate surface area is 99.7 Å². The first-order valence-electron chi connectivity index (χ1n) is 4.42. The number of furan rings is 1. The highest BCUT2D eigenvalue weighted by molar-refractivity contribution is 9.10. The molecule has 0 saturated heterocycles. The highest BCUT2D eigenvalue weighted by atomic mass is 79.9. The van der Waals surface area contributed by atoms with Crippen LogP contribution in [-0.2, 0) is 9.53 Å². The van der Waals surface area contributed by atoms with Gasteiger partial charge in [-0.25, -0.2) is 4.79 Å². The van der Waals surface area contributed by atoms with Gasteiger partial charge < -0.3 is 19.6 Å². The van der Waals surface area contributed by atoms with E-state index in [1.165, 1.54) is 12.3 Å². The first kappa shape index (κ1) is 12.7. The summed E-state index contributed by atoms with van der Waals surface area (Å²) in [5, 5.41) is 10.8. The first-order valence-corrected chi connectivity index (χ1v) is 5.21. The first-order chi connectivity index (χ1) is 7.61. The SMILES string of the molecule is O=C(O)COCCNC(=O)c1ccoc1Br. The van der Waals surface area contributed by atoms with E-state index in [4.69, 9.17) is 14.3 Å². The number of rotatable bonds is 6. The second-order valence-corrected chi connectivity index (χ2v) is 3.53. The molecule has 0 saturated carbocycles. The number of carbonyl (C=O) groups excluding carboxylic acids is 1. The fourth-order valence-electron chi connectivity index (χ4n) is 0.947. The number of nitrogens with one attached hydrogen (secondary N) is 1. The summed E-state index contributed by atoms with van der Waals surface area (Å²) in [6, 6.07) is 1.53. The molecule has 0 unspecified atom stereocenters. The molecule has 88 valence electrons. The van der Waals surface area contributed by atoms with Gasteiger partial charge in [0.1, 0.15) is 6.61 Å². The Bertz CT molecular complexity index is 376. The van der Waals surface area contributed by atoms with Crippen LogP contribution in [0.5, 0.6) is 0 Å². The third kappa shape index (κ3) is 4.03. The van der Waals surface area contributed by atoms with E-state index in [0.29, 0.717) is 10.2 Å². The van der Waals surface area contributed by atoms with Crippen molar-refractivity contribution in [3.8, 4) is 0 Å². The van der Waals surface area contributed by atoms with E-state index in [-0.39, 0.29) is 25.7 Å². The van der Waals surface area contributed by atoms with Crippen molar-refractivity contribution in [3.63, 3.8) is 0 Å². The fourth-order valence-corrected chi connectivity index (χ4v) is 1.37. The molecule has 6 nitrogen and oxygen atoms in total. The van der Waals surface area contributed by atoms with Gasteiger partial charge in [0.15, 0.2) is 4.67 Å². The normalized spacial score (nSPS) is 10.1. The fraction of sp³-hybridized carbons (Fsp3) is 0.333. The van der Waals surface area contributed by atoms with E-state index in [0.717, 1.165) is 0 Å². The Kier molecular flexibility index (Phi) is 5.00. The molecule has 1 amide bonds. The molecule has 0 fully saturated rings. The summed E-state index contributed by atoms with van der Waals surface area (Å²) in [5.41, 5.74) is 0.387. The Balaban J connectivity index is 2.21. The molecule has 0 aliphatic heterocycles. The van der Waals surface area contributed by atoms with Crippen LogP contribution in [0.1, 0.15) is 10.4 Å². The highest BCUT2D eigenvalue weighted by Crippen LogP contribution is 2.16. The monoisotopic (exact) mass is 291 g/mol. The molecule has 1 aromatic rings. The average Bonchev–Trinajstić information content (AvgIpc) is 2.63. The van der Waals surface area contributed by atoms with Crippen LogP contribution in [0, 0.1) is 0 Å². The number of aliphatic carboxylic acids is 1. The Hall–Kier alpha value is -1.34. The highest BCUT2D eigenvalue weighted by Gasteiger charge is 2.11. The summed E-state index contributed by atoms with van der Waals surface area (Å²) in [5.74, 6) is -1.34. The van der Waals surface area contributed by atoms with Crippen molar-refractivity contribution in [3.05, 3.63) is 22.6 Å². The van der Waals surface area contributed by atoms with Crippen LogP contribution in [0.2, 0.25) is 0 Å². The van der Waals surface area contributed by atoms with Crippen molar-refractivity contribution in [2.45, 2.75) is 0 Å². The van der Waals surface area contributed by atoms with Gasteiger partial charge >= 0.3 is 5.97 Å². The minimum Gasteiger partial charge on any atom is -0.480 e. The number of hydrogen-bond donors (Lipinski definition) is 2. The molecule has 1 rings (SSSR count).